The fourth-order valence-corrected chi connectivity index (χ4v) is 2.83. The molecule has 0 heterocycles. The van der Waals surface area contributed by atoms with Gasteiger partial charge in [-0.1, -0.05) is 19.1 Å². The molecule has 0 spiro atoms. The molecule has 0 aliphatic carbocycles. The van der Waals surface area contributed by atoms with E-state index in [1.165, 1.54) is 24.3 Å². The van der Waals surface area contributed by atoms with Crippen molar-refractivity contribution in [3.63, 3.8) is 0 Å². The maximum Gasteiger partial charge on any atom is 0.261 e. The third-order valence-electron chi connectivity index (χ3n) is 2.88. The van der Waals surface area contributed by atoms with E-state index in [0.29, 0.717) is 11.3 Å². The van der Waals surface area contributed by atoms with Gasteiger partial charge in [0.2, 0.25) is 0 Å². The number of nitrogens with zero attached hydrogens (tertiary/aromatic N) is 1. The van der Waals surface area contributed by atoms with E-state index in [2.05, 4.69) is 4.72 Å². The molecule has 2 aromatic rings. The van der Waals surface area contributed by atoms with Crippen LogP contribution in [0.5, 0.6) is 0 Å². The van der Waals surface area contributed by atoms with E-state index in [0.717, 1.165) is 12.0 Å². The van der Waals surface area contributed by atoms with Crippen molar-refractivity contribution >= 4 is 15.7 Å². The van der Waals surface area contributed by atoms with Crippen LogP contribution in [0.3, 0.4) is 0 Å². The minimum absolute atomic E-state index is 0.137. The lowest BCUT2D eigenvalue weighted by atomic mass is 10.1. The van der Waals surface area contributed by atoms with Crippen molar-refractivity contribution in [2.45, 2.75) is 18.2 Å². The number of nitrogens with one attached hydrogen (secondary N) is 1. The molecule has 0 bridgehead atoms. The van der Waals surface area contributed by atoms with Gasteiger partial charge >= 0.3 is 0 Å². The number of hydrogen-bond donors (Lipinski definition) is 1. The second-order valence-corrected chi connectivity index (χ2v) is 5.98. The second-order valence-electron chi connectivity index (χ2n) is 4.30. The van der Waals surface area contributed by atoms with Gasteiger partial charge in [0.1, 0.15) is 0 Å². The summed E-state index contributed by atoms with van der Waals surface area (Å²) in [6, 6.07) is 15.0. The highest BCUT2D eigenvalue weighted by Gasteiger charge is 2.14. The summed E-state index contributed by atoms with van der Waals surface area (Å²) < 4.78 is 26.9. The molecular formula is C15H14N2O2S. The molecule has 1 N–H and O–H groups in total. The Morgan fingerprint density at radius 1 is 1.15 bits per heavy atom. The average Bonchev–Trinajstić information content (AvgIpc) is 2.47. The van der Waals surface area contributed by atoms with Crippen LogP contribution >= 0.6 is 0 Å². The Labute approximate surface area is 118 Å². The number of anilines is 1. The molecule has 2 aromatic carbocycles. The number of rotatable bonds is 4. The molecule has 102 valence electrons. The van der Waals surface area contributed by atoms with Crippen molar-refractivity contribution in [3.05, 3.63) is 59.7 Å². The predicted octanol–water partition coefficient (Wildman–Crippen LogP) is 2.92. The molecule has 4 nitrogen and oxygen atoms in total. The summed E-state index contributed by atoms with van der Waals surface area (Å²) in [4.78, 5) is 0.137. The molecule has 0 aliphatic heterocycles. The van der Waals surface area contributed by atoms with E-state index < -0.39 is 10.0 Å². The Balaban J connectivity index is 2.28. The van der Waals surface area contributed by atoms with Gasteiger partial charge in [0.25, 0.3) is 10.0 Å². The maximum absolute atomic E-state index is 12.2. The van der Waals surface area contributed by atoms with Gasteiger partial charge in [-0.15, -0.1) is 0 Å². The molecule has 0 unspecified atom stereocenters. The van der Waals surface area contributed by atoms with Crippen LogP contribution in [0, 0.1) is 11.3 Å². The maximum atomic E-state index is 12.2. The second kappa shape index (κ2) is 5.76. The average molecular weight is 286 g/mol. The van der Waals surface area contributed by atoms with Crippen LogP contribution in [0.1, 0.15) is 18.1 Å². The first-order valence-electron chi connectivity index (χ1n) is 6.17. The molecule has 0 amide bonds. The third-order valence-corrected chi connectivity index (χ3v) is 4.28. The summed E-state index contributed by atoms with van der Waals surface area (Å²) in [6.45, 7) is 2.01. The molecule has 0 atom stereocenters. The van der Waals surface area contributed by atoms with Crippen molar-refractivity contribution < 1.29 is 8.42 Å². The van der Waals surface area contributed by atoms with Gasteiger partial charge < -0.3 is 0 Å². The zero-order chi connectivity index (χ0) is 14.6. The summed E-state index contributed by atoms with van der Waals surface area (Å²) in [5, 5.41) is 8.71. The lowest BCUT2D eigenvalue weighted by molar-refractivity contribution is 0.601. The van der Waals surface area contributed by atoms with Gasteiger partial charge in [0, 0.05) is 5.69 Å². The van der Waals surface area contributed by atoms with Crippen LogP contribution < -0.4 is 4.72 Å². The summed E-state index contributed by atoms with van der Waals surface area (Å²) >= 11 is 0. The molecule has 5 heteroatoms. The van der Waals surface area contributed by atoms with Crippen LogP contribution in [0.15, 0.2) is 53.4 Å². The molecular weight excluding hydrogens is 272 g/mol. The highest BCUT2D eigenvalue weighted by Crippen LogP contribution is 2.17. The first kappa shape index (κ1) is 14.1. The molecule has 2 rings (SSSR count). The number of hydrogen-bond acceptors (Lipinski definition) is 3. The standard InChI is InChI=1S/C15H14N2O2S/c1-2-12-4-3-5-14(10-12)17-20(18,19)15-8-6-13(11-16)7-9-15/h3-10,17H,2H2,1H3. The molecule has 0 saturated carbocycles. The Kier molecular flexibility index (Phi) is 4.06. The molecule has 0 radical (unpaired) electrons. The van der Waals surface area contributed by atoms with Crippen LogP contribution in [-0.4, -0.2) is 8.42 Å². The highest BCUT2D eigenvalue weighted by molar-refractivity contribution is 7.92. The Hall–Kier alpha value is -2.32. The van der Waals surface area contributed by atoms with Gasteiger partial charge in [-0.3, -0.25) is 4.72 Å². The minimum Gasteiger partial charge on any atom is -0.280 e. The van der Waals surface area contributed by atoms with Crippen LogP contribution in [0.25, 0.3) is 0 Å². The SMILES string of the molecule is CCc1cccc(NS(=O)(=O)c2ccc(C#N)cc2)c1. The summed E-state index contributed by atoms with van der Waals surface area (Å²) in [5.41, 5.74) is 2.02. The van der Waals surface area contributed by atoms with Gasteiger partial charge in [0.05, 0.1) is 16.5 Å². The third kappa shape index (κ3) is 3.16. The first-order valence-corrected chi connectivity index (χ1v) is 7.65. The summed E-state index contributed by atoms with van der Waals surface area (Å²) in [5.74, 6) is 0. The minimum atomic E-state index is -3.62. The molecule has 0 saturated heterocycles. The van der Waals surface area contributed by atoms with Crippen molar-refractivity contribution in [2.75, 3.05) is 4.72 Å². The summed E-state index contributed by atoms with van der Waals surface area (Å²) in [6.07, 6.45) is 0.840. The van der Waals surface area contributed by atoms with E-state index in [1.807, 2.05) is 25.1 Å². The molecule has 0 fully saturated rings. The predicted molar refractivity (Wildman–Crippen MR) is 77.8 cm³/mol. The lowest BCUT2D eigenvalue weighted by Crippen LogP contribution is -2.13. The van der Waals surface area contributed by atoms with Crippen molar-refractivity contribution in [3.8, 4) is 6.07 Å². The largest absolute Gasteiger partial charge is 0.280 e. The topological polar surface area (TPSA) is 70.0 Å². The fraction of sp³-hybridized carbons (Fsp3) is 0.133. The van der Waals surface area contributed by atoms with Crippen LogP contribution in [-0.2, 0) is 16.4 Å². The smallest absolute Gasteiger partial charge is 0.261 e. The number of nitriles is 1. The Bertz CT molecular complexity index is 744. The van der Waals surface area contributed by atoms with E-state index in [4.69, 9.17) is 5.26 Å². The van der Waals surface area contributed by atoms with Crippen LogP contribution in [0.4, 0.5) is 5.69 Å². The van der Waals surface area contributed by atoms with Crippen molar-refractivity contribution in [1.82, 2.24) is 0 Å². The van der Waals surface area contributed by atoms with E-state index in [9.17, 15) is 8.42 Å². The van der Waals surface area contributed by atoms with E-state index in [1.54, 1.807) is 12.1 Å². The molecule has 0 aromatic heterocycles. The number of benzene rings is 2. The summed E-state index contributed by atoms with van der Waals surface area (Å²) in [7, 11) is -3.62. The van der Waals surface area contributed by atoms with Crippen molar-refractivity contribution in [2.24, 2.45) is 0 Å². The lowest BCUT2D eigenvalue weighted by Gasteiger charge is -2.09. The quantitative estimate of drug-likeness (QED) is 0.939. The highest BCUT2D eigenvalue weighted by atomic mass is 32.2. The normalized spacial score (nSPS) is 10.8. The zero-order valence-corrected chi connectivity index (χ0v) is 11.8. The fourth-order valence-electron chi connectivity index (χ4n) is 1.78. The first-order chi connectivity index (χ1) is 9.55. The number of aryl methyl sites for hydroxylation is 1. The van der Waals surface area contributed by atoms with Gasteiger partial charge in [-0.25, -0.2) is 8.42 Å². The number of sulfonamides is 1. The van der Waals surface area contributed by atoms with Gasteiger partial charge in [0.15, 0.2) is 0 Å². The Morgan fingerprint density at radius 3 is 2.45 bits per heavy atom. The molecule has 0 aliphatic rings. The van der Waals surface area contributed by atoms with Gasteiger partial charge in [-0.05, 0) is 48.4 Å². The Morgan fingerprint density at radius 2 is 1.85 bits per heavy atom. The van der Waals surface area contributed by atoms with E-state index >= 15 is 0 Å². The van der Waals surface area contributed by atoms with Crippen molar-refractivity contribution in [1.29, 1.82) is 5.26 Å². The van der Waals surface area contributed by atoms with Crippen LogP contribution in [0.2, 0.25) is 0 Å². The van der Waals surface area contributed by atoms with Gasteiger partial charge in [-0.2, -0.15) is 5.26 Å². The monoisotopic (exact) mass is 286 g/mol. The van der Waals surface area contributed by atoms with E-state index in [-0.39, 0.29) is 4.90 Å². The molecule has 20 heavy (non-hydrogen) atoms. The zero-order valence-electron chi connectivity index (χ0n) is 11.0.